The van der Waals surface area contributed by atoms with Gasteiger partial charge < -0.3 is 0 Å². The summed E-state index contributed by atoms with van der Waals surface area (Å²) in [4.78, 5) is 0. The summed E-state index contributed by atoms with van der Waals surface area (Å²) >= 11 is 5.44. The molecule has 1 N–H and O–H groups in total. The first-order valence-electron chi connectivity index (χ1n) is 9.40. The number of hydrogen-bond acceptors (Lipinski definition) is 3. The molecule has 4 aromatic carbocycles. The van der Waals surface area contributed by atoms with Crippen LogP contribution in [0.25, 0.3) is 32.9 Å². The highest BCUT2D eigenvalue weighted by atomic mass is 32.1. The van der Waals surface area contributed by atoms with Gasteiger partial charge in [-0.05, 0) is 52.8 Å². The lowest BCUT2D eigenvalue weighted by Crippen LogP contribution is -1.96. The monoisotopic (exact) mass is 394 g/mol. The number of aromatic amines is 1. The topological polar surface area (TPSA) is 46.0 Å². The maximum atomic E-state index is 5.44. The molecule has 0 aliphatic rings. The number of rotatable bonds is 3. The Bertz CT molecular complexity index is 1390. The first-order valence-corrected chi connectivity index (χ1v) is 9.81. The van der Waals surface area contributed by atoms with Gasteiger partial charge in [0.25, 0.3) is 0 Å². The zero-order valence-corrected chi connectivity index (χ0v) is 16.6. The fourth-order valence-corrected chi connectivity index (χ4v) is 3.85. The van der Waals surface area contributed by atoms with Crippen molar-refractivity contribution in [3.05, 3.63) is 94.8 Å². The van der Waals surface area contributed by atoms with Gasteiger partial charge >= 0.3 is 0 Å². The Morgan fingerprint density at radius 2 is 1.59 bits per heavy atom. The van der Waals surface area contributed by atoms with Crippen molar-refractivity contribution in [2.45, 2.75) is 6.92 Å². The van der Waals surface area contributed by atoms with Gasteiger partial charge in [-0.3, -0.25) is 0 Å². The van der Waals surface area contributed by atoms with Crippen molar-refractivity contribution in [1.29, 1.82) is 0 Å². The second-order valence-electron chi connectivity index (χ2n) is 7.01. The van der Waals surface area contributed by atoms with Crippen LogP contribution in [0.4, 0.5) is 0 Å². The molecule has 140 valence electrons. The number of fused-ring (bicyclic) bond motifs is 2. The molecule has 5 rings (SSSR count). The van der Waals surface area contributed by atoms with Gasteiger partial charge in [-0.2, -0.15) is 14.9 Å². The fraction of sp³-hybridized carbons (Fsp3) is 0.0417. The Kier molecular flexibility index (Phi) is 4.30. The Morgan fingerprint density at radius 3 is 2.28 bits per heavy atom. The summed E-state index contributed by atoms with van der Waals surface area (Å²) in [5, 5.41) is 16.7. The van der Waals surface area contributed by atoms with Crippen LogP contribution in [0.2, 0.25) is 0 Å². The van der Waals surface area contributed by atoms with Crippen molar-refractivity contribution in [2.24, 2.45) is 5.10 Å². The Morgan fingerprint density at radius 1 is 0.897 bits per heavy atom. The van der Waals surface area contributed by atoms with Crippen LogP contribution in [-0.4, -0.2) is 21.1 Å². The maximum absolute atomic E-state index is 5.44. The summed E-state index contributed by atoms with van der Waals surface area (Å²) in [5.41, 5.74) is 3.20. The smallest absolute Gasteiger partial charge is 0.216 e. The van der Waals surface area contributed by atoms with E-state index < -0.39 is 0 Å². The van der Waals surface area contributed by atoms with Crippen LogP contribution in [0.5, 0.6) is 0 Å². The van der Waals surface area contributed by atoms with Gasteiger partial charge in [0.05, 0.1) is 6.21 Å². The first kappa shape index (κ1) is 17.5. The minimum atomic E-state index is 0.460. The van der Waals surface area contributed by atoms with Gasteiger partial charge in [0, 0.05) is 11.1 Å². The zero-order chi connectivity index (χ0) is 19.8. The average Bonchev–Trinajstić information content (AvgIpc) is 3.11. The Labute approximate surface area is 173 Å². The van der Waals surface area contributed by atoms with Crippen LogP contribution >= 0.6 is 12.2 Å². The molecule has 0 amide bonds. The molecule has 1 heterocycles. The lowest BCUT2D eigenvalue weighted by Gasteiger charge is -2.08. The number of nitrogens with zero attached hydrogens (tertiary/aromatic N) is 3. The van der Waals surface area contributed by atoms with Crippen molar-refractivity contribution in [3.63, 3.8) is 0 Å². The normalized spacial score (nSPS) is 11.6. The molecule has 29 heavy (non-hydrogen) atoms. The Balaban J connectivity index is 1.71. The number of benzene rings is 4. The standard InChI is InChI=1S/C24H18N4S/c1-16-7-6-10-19(13-16)23-26-27-24(29)28(23)25-15-22-20-11-4-2-8-17(20)14-18-9-3-5-12-21(18)22/h2-15H,1H3,(H,27,29)/b25-15+. The highest BCUT2D eigenvalue weighted by Gasteiger charge is 2.09. The summed E-state index contributed by atoms with van der Waals surface area (Å²) in [6.45, 7) is 2.06. The molecule has 0 saturated heterocycles. The van der Waals surface area contributed by atoms with Crippen molar-refractivity contribution in [2.75, 3.05) is 0 Å². The van der Waals surface area contributed by atoms with Gasteiger partial charge in [-0.1, -0.05) is 72.3 Å². The van der Waals surface area contributed by atoms with E-state index in [1.807, 2.05) is 18.3 Å². The highest BCUT2D eigenvalue weighted by molar-refractivity contribution is 7.71. The molecule has 0 spiro atoms. The number of H-pyrrole nitrogens is 1. The maximum Gasteiger partial charge on any atom is 0.216 e. The van der Waals surface area contributed by atoms with Crippen molar-refractivity contribution >= 4 is 40.0 Å². The molecule has 0 saturated carbocycles. The largest absolute Gasteiger partial charge is 0.250 e. The second kappa shape index (κ2) is 7.11. The number of aryl methyl sites for hydroxylation is 1. The van der Waals surface area contributed by atoms with E-state index in [0.29, 0.717) is 10.6 Å². The van der Waals surface area contributed by atoms with Crippen LogP contribution in [0.15, 0.2) is 84.0 Å². The molecule has 0 bridgehead atoms. The summed E-state index contributed by atoms with van der Waals surface area (Å²) in [7, 11) is 0. The average molecular weight is 395 g/mol. The molecule has 0 aliphatic carbocycles. The van der Waals surface area contributed by atoms with E-state index in [4.69, 9.17) is 17.3 Å². The molecule has 0 fully saturated rings. The van der Waals surface area contributed by atoms with Crippen LogP contribution in [0, 0.1) is 11.7 Å². The molecule has 5 aromatic rings. The van der Waals surface area contributed by atoms with Crippen LogP contribution < -0.4 is 0 Å². The van der Waals surface area contributed by atoms with Gasteiger partial charge in [0.2, 0.25) is 4.77 Å². The summed E-state index contributed by atoms with van der Waals surface area (Å²) in [6.07, 6.45) is 1.88. The van der Waals surface area contributed by atoms with E-state index in [1.54, 1.807) is 4.68 Å². The molecule has 0 atom stereocenters. The van der Waals surface area contributed by atoms with E-state index in [-0.39, 0.29) is 0 Å². The van der Waals surface area contributed by atoms with Gasteiger partial charge in [-0.15, -0.1) is 0 Å². The van der Waals surface area contributed by atoms with E-state index in [0.717, 1.165) is 27.5 Å². The summed E-state index contributed by atoms with van der Waals surface area (Å²) < 4.78 is 2.14. The molecular formula is C24H18N4S. The van der Waals surface area contributed by atoms with E-state index in [1.165, 1.54) is 10.8 Å². The predicted molar refractivity (Wildman–Crippen MR) is 122 cm³/mol. The van der Waals surface area contributed by atoms with Crippen LogP contribution in [-0.2, 0) is 0 Å². The lowest BCUT2D eigenvalue weighted by molar-refractivity contribution is 0.872. The third-order valence-corrected chi connectivity index (χ3v) is 5.31. The van der Waals surface area contributed by atoms with Gasteiger partial charge in [0.1, 0.15) is 0 Å². The van der Waals surface area contributed by atoms with Crippen LogP contribution in [0.1, 0.15) is 11.1 Å². The molecule has 5 heteroatoms. The van der Waals surface area contributed by atoms with Gasteiger partial charge in [0.15, 0.2) is 5.82 Å². The van der Waals surface area contributed by atoms with E-state index in [9.17, 15) is 0 Å². The molecule has 0 unspecified atom stereocenters. The number of hydrogen-bond donors (Lipinski definition) is 1. The highest BCUT2D eigenvalue weighted by Crippen LogP contribution is 2.27. The van der Waals surface area contributed by atoms with E-state index in [2.05, 4.69) is 83.9 Å². The molecule has 0 aliphatic heterocycles. The fourth-order valence-electron chi connectivity index (χ4n) is 3.67. The van der Waals surface area contributed by atoms with Crippen molar-refractivity contribution < 1.29 is 0 Å². The van der Waals surface area contributed by atoms with Crippen molar-refractivity contribution in [3.8, 4) is 11.4 Å². The third kappa shape index (κ3) is 3.15. The first-order chi connectivity index (χ1) is 14.2. The van der Waals surface area contributed by atoms with Gasteiger partial charge in [-0.25, -0.2) is 5.10 Å². The van der Waals surface area contributed by atoms with Crippen LogP contribution in [0.3, 0.4) is 0 Å². The number of nitrogens with one attached hydrogen (secondary N) is 1. The summed E-state index contributed by atoms with van der Waals surface area (Å²) in [5.74, 6) is 0.694. The molecule has 4 nitrogen and oxygen atoms in total. The molecule has 1 aromatic heterocycles. The van der Waals surface area contributed by atoms with Crippen molar-refractivity contribution in [1.82, 2.24) is 14.9 Å². The third-order valence-electron chi connectivity index (χ3n) is 5.04. The molecule has 0 radical (unpaired) electrons. The quantitative estimate of drug-likeness (QED) is 0.228. The predicted octanol–water partition coefficient (Wildman–Crippen LogP) is 6.10. The minimum Gasteiger partial charge on any atom is -0.250 e. The second-order valence-corrected chi connectivity index (χ2v) is 7.40. The summed E-state index contributed by atoms with van der Waals surface area (Å²) in [6, 6.07) is 27.1. The number of aromatic nitrogens is 3. The minimum absolute atomic E-state index is 0.460. The SMILES string of the molecule is Cc1cccc(-c2n[nH]c(=S)n2/N=C/c2c3ccccc3cc3ccccc23)c1. The molecular weight excluding hydrogens is 376 g/mol. The zero-order valence-electron chi connectivity index (χ0n) is 15.8. The lowest BCUT2D eigenvalue weighted by atomic mass is 9.97. The van der Waals surface area contributed by atoms with E-state index >= 15 is 0 Å². The Hall–Kier alpha value is -3.57.